The van der Waals surface area contributed by atoms with E-state index in [1.54, 1.807) is 12.1 Å². The maximum atomic E-state index is 12.1. The van der Waals surface area contributed by atoms with Gasteiger partial charge in [-0.15, -0.1) is 0 Å². The zero-order valence-corrected chi connectivity index (χ0v) is 12.0. The summed E-state index contributed by atoms with van der Waals surface area (Å²) in [5, 5.41) is 9.90. The number of aromatic nitrogens is 3. The summed E-state index contributed by atoms with van der Waals surface area (Å²) >= 11 is 11.8. The molecule has 0 fully saturated rings. The summed E-state index contributed by atoms with van der Waals surface area (Å²) in [5.41, 5.74) is 0.395. The van der Waals surface area contributed by atoms with Crippen LogP contribution in [0.4, 0.5) is 11.6 Å². The molecular weight excluding hydrogens is 317 g/mol. The summed E-state index contributed by atoms with van der Waals surface area (Å²) < 4.78 is 1.38. The van der Waals surface area contributed by atoms with Crippen LogP contribution >= 0.6 is 23.2 Å². The summed E-state index contributed by atoms with van der Waals surface area (Å²) in [4.78, 5) is 27.7. The van der Waals surface area contributed by atoms with E-state index >= 15 is 0 Å². The van der Waals surface area contributed by atoms with Crippen molar-refractivity contribution in [3.8, 4) is 0 Å². The van der Waals surface area contributed by atoms with Gasteiger partial charge in [-0.3, -0.25) is 14.9 Å². The van der Waals surface area contributed by atoms with Gasteiger partial charge in [0, 0.05) is 5.02 Å². The molecule has 108 valence electrons. The van der Waals surface area contributed by atoms with Crippen LogP contribution in [0.1, 0.15) is 12.5 Å². The normalized spacial score (nSPS) is 16.5. The fourth-order valence-electron chi connectivity index (χ4n) is 2.02. The van der Waals surface area contributed by atoms with Gasteiger partial charge in [-0.05, 0) is 18.2 Å². The van der Waals surface area contributed by atoms with Gasteiger partial charge >= 0.3 is 0 Å². The van der Waals surface area contributed by atoms with Gasteiger partial charge in [0.25, 0.3) is 5.91 Å². The van der Waals surface area contributed by atoms with Crippen molar-refractivity contribution < 1.29 is 9.59 Å². The van der Waals surface area contributed by atoms with Crippen LogP contribution in [-0.4, -0.2) is 26.6 Å². The van der Waals surface area contributed by atoms with Crippen molar-refractivity contribution in [2.75, 3.05) is 10.6 Å². The number of hydrogen-bond donors (Lipinski definition) is 2. The Morgan fingerprint density at radius 2 is 2.24 bits per heavy atom. The zero-order valence-electron chi connectivity index (χ0n) is 10.5. The van der Waals surface area contributed by atoms with Crippen molar-refractivity contribution in [2.24, 2.45) is 0 Å². The lowest BCUT2D eigenvalue weighted by Crippen LogP contribution is -2.23. The first kappa shape index (κ1) is 13.8. The first-order chi connectivity index (χ1) is 10.0. The van der Waals surface area contributed by atoms with E-state index in [4.69, 9.17) is 23.2 Å². The average molecular weight is 326 g/mol. The highest BCUT2D eigenvalue weighted by Gasteiger charge is 2.33. The molecule has 2 aromatic rings. The molecule has 0 unspecified atom stereocenters. The number of amides is 2. The number of nitrogens with zero attached hydrogens (tertiary/aromatic N) is 3. The first-order valence-electron chi connectivity index (χ1n) is 6.00. The van der Waals surface area contributed by atoms with Gasteiger partial charge in [0.1, 0.15) is 12.4 Å². The number of benzene rings is 1. The molecule has 0 radical (unpaired) electrons. The molecule has 9 heteroatoms. The van der Waals surface area contributed by atoms with Gasteiger partial charge in [-0.1, -0.05) is 23.2 Å². The molecule has 1 aliphatic heterocycles. The largest absolute Gasteiger partial charge is 0.325 e. The van der Waals surface area contributed by atoms with Crippen LogP contribution in [-0.2, 0) is 9.59 Å². The molecule has 1 aromatic carbocycles. The maximum absolute atomic E-state index is 12.1. The quantitative estimate of drug-likeness (QED) is 0.904. The van der Waals surface area contributed by atoms with Crippen LogP contribution in [0.5, 0.6) is 0 Å². The SMILES string of the molecule is O=C(C[C@H]1C(=O)Nc2ncnn21)Nc1cc(Cl)ccc1Cl. The zero-order chi connectivity index (χ0) is 15.0. The predicted molar refractivity (Wildman–Crippen MR) is 77.4 cm³/mol. The minimum absolute atomic E-state index is 0.0783. The third-order valence-corrected chi connectivity index (χ3v) is 3.55. The lowest BCUT2D eigenvalue weighted by molar-refractivity contribution is -0.123. The topological polar surface area (TPSA) is 88.9 Å². The van der Waals surface area contributed by atoms with E-state index in [2.05, 4.69) is 20.7 Å². The Balaban J connectivity index is 1.73. The highest BCUT2D eigenvalue weighted by Crippen LogP contribution is 2.27. The molecule has 2 amide bonds. The van der Waals surface area contributed by atoms with Crippen molar-refractivity contribution in [1.82, 2.24) is 14.8 Å². The summed E-state index contributed by atoms with van der Waals surface area (Å²) in [5.74, 6) is -0.362. The Kier molecular flexibility index (Phi) is 3.52. The van der Waals surface area contributed by atoms with E-state index in [9.17, 15) is 9.59 Å². The van der Waals surface area contributed by atoms with Crippen LogP contribution in [0.25, 0.3) is 0 Å². The highest BCUT2D eigenvalue weighted by molar-refractivity contribution is 6.35. The third-order valence-electron chi connectivity index (χ3n) is 2.99. The van der Waals surface area contributed by atoms with Crippen molar-refractivity contribution >= 4 is 46.7 Å². The number of halogens is 2. The lowest BCUT2D eigenvalue weighted by atomic mass is 10.2. The van der Waals surface area contributed by atoms with E-state index in [1.807, 2.05) is 0 Å². The van der Waals surface area contributed by atoms with E-state index in [-0.39, 0.29) is 18.2 Å². The maximum Gasteiger partial charge on any atom is 0.252 e. The standard InChI is InChI=1S/C12H9Cl2N5O2/c13-6-1-2-7(14)8(3-6)17-10(20)4-9-11(21)18-12-15-5-16-19(9)12/h1-3,5,9H,4H2,(H,17,20)(H,15,16,18,21)/t9-/m0/s1. The number of anilines is 2. The molecule has 3 rings (SSSR count). The third kappa shape index (κ3) is 2.70. The molecule has 1 aliphatic rings. The minimum Gasteiger partial charge on any atom is -0.325 e. The first-order valence-corrected chi connectivity index (χ1v) is 6.75. The molecule has 0 bridgehead atoms. The minimum atomic E-state index is -0.722. The summed E-state index contributed by atoms with van der Waals surface area (Å²) in [7, 11) is 0. The summed E-state index contributed by atoms with van der Waals surface area (Å²) in [6.07, 6.45) is 1.23. The Labute approximate surface area is 129 Å². The van der Waals surface area contributed by atoms with Crippen LogP contribution in [0, 0.1) is 0 Å². The van der Waals surface area contributed by atoms with Crippen LogP contribution < -0.4 is 10.6 Å². The van der Waals surface area contributed by atoms with Gasteiger partial charge in [0.2, 0.25) is 11.9 Å². The molecule has 7 nitrogen and oxygen atoms in total. The van der Waals surface area contributed by atoms with E-state index in [1.165, 1.54) is 17.1 Å². The number of hydrogen-bond acceptors (Lipinski definition) is 4. The fourth-order valence-corrected chi connectivity index (χ4v) is 2.36. The van der Waals surface area contributed by atoms with E-state index in [0.29, 0.717) is 21.7 Å². The lowest BCUT2D eigenvalue weighted by Gasteiger charge is -2.10. The summed E-state index contributed by atoms with van der Waals surface area (Å²) in [6.45, 7) is 0. The van der Waals surface area contributed by atoms with Crippen LogP contribution in [0.3, 0.4) is 0 Å². The average Bonchev–Trinajstić information content (AvgIpc) is 2.97. The molecule has 2 heterocycles. The van der Waals surface area contributed by atoms with Crippen molar-refractivity contribution in [3.63, 3.8) is 0 Å². The highest BCUT2D eigenvalue weighted by atomic mass is 35.5. The van der Waals surface area contributed by atoms with Crippen molar-refractivity contribution in [2.45, 2.75) is 12.5 Å². The van der Waals surface area contributed by atoms with Gasteiger partial charge in [-0.25, -0.2) is 4.68 Å². The van der Waals surface area contributed by atoms with Crippen molar-refractivity contribution in [3.05, 3.63) is 34.6 Å². The Bertz CT molecular complexity index is 730. The molecule has 0 aliphatic carbocycles. The number of fused-ring (bicyclic) bond motifs is 1. The molecule has 0 saturated heterocycles. The molecule has 1 aromatic heterocycles. The van der Waals surface area contributed by atoms with Crippen molar-refractivity contribution in [1.29, 1.82) is 0 Å². The second-order valence-electron chi connectivity index (χ2n) is 4.41. The number of carbonyl (C=O) groups is 2. The Morgan fingerprint density at radius 1 is 1.43 bits per heavy atom. The summed E-state index contributed by atoms with van der Waals surface area (Å²) in [6, 6.07) is 4.01. The van der Waals surface area contributed by atoms with Crippen LogP contribution in [0.2, 0.25) is 10.0 Å². The van der Waals surface area contributed by atoms with Gasteiger partial charge in [0.15, 0.2) is 0 Å². The smallest absolute Gasteiger partial charge is 0.252 e. The second kappa shape index (κ2) is 5.34. The fraction of sp³-hybridized carbons (Fsp3) is 0.167. The number of rotatable bonds is 3. The number of nitrogens with one attached hydrogen (secondary N) is 2. The molecule has 21 heavy (non-hydrogen) atoms. The molecule has 0 saturated carbocycles. The monoisotopic (exact) mass is 325 g/mol. The Morgan fingerprint density at radius 3 is 3.05 bits per heavy atom. The molecular formula is C12H9Cl2N5O2. The second-order valence-corrected chi connectivity index (χ2v) is 5.25. The Hall–Kier alpha value is -2.12. The van der Waals surface area contributed by atoms with Gasteiger partial charge in [0.05, 0.1) is 17.1 Å². The van der Waals surface area contributed by atoms with Crippen LogP contribution in [0.15, 0.2) is 24.5 Å². The van der Waals surface area contributed by atoms with Gasteiger partial charge in [-0.2, -0.15) is 10.1 Å². The number of carbonyl (C=O) groups excluding carboxylic acids is 2. The van der Waals surface area contributed by atoms with E-state index < -0.39 is 6.04 Å². The molecule has 0 spiro atoms. The van der Waals surface area contributed by atoms with Gasteiger partial charge < -0.3 is 5.32 Å². The molecule has 2 N–H and O–H groups in total. The predicted octanol–water partition coefficient (Wildman–Crippen LogP) is 2.11. The van der Waals surface area contributed by atoms with E-state index in [0.717, 1.165) is 0 Å². The molecule has 1 atom stereocenters.